The van der Waals surface area contributed by atoms with Crippen molar-refractivity contribution in [2.45, 2.75) is 26.3 Å². The van der Waals surface area contributed by atoms with Gasteiger partial charge in [-0.05, 0) is 44.0 Å². The number of pyridine rings is 1. The van der Waals surface area contributed by atoms with Gasteiger partial charge in [0.1, 0.15) is 0 Å². The molecule has 0 atom stereocenters. The molecule has 2 heterocycles. The van der Waals surface area contributed by atoms with E-state index in [9.17, 15) is 9.59 Å². The van der Waals surface area contributed by atoms with Crippen LogP contribution in [-0.4, -0.2) is 28.7 Å². The molecule has 5 heteroatoms. The average Bonchev–Trinajstić information content (AvgIpc) is 2.54. The Morgan fingerprint density at radius 2 is 1.95 bits per heavy atom. The molecule has 2 aromatic rings. The van der Waals surface area contributed by atoms with Crippen LogP contribution in [0.5, 0.6) is 0 Å². The molecule has 1 fully saturated rings. The SMILES string of the molecule is CCn1c(=O)ccc2cc(N3CCC(C(=O)O)CC3)ccc21. The minimum atomic E-state index is -0.690. The fourth-order valence-corrected chi connectivity index (χ4v) is 3.20. The number of carboxylic acids is 1. The molecule has 0 aliphatic carbocycles. The molecule has 0 radical (unpaired) electrons. The van der Waals surface area contributed by atoms with Crippen LogP contribution >= 0.6 is 0 Å². The van der Waals surface area contributed by atoms with Crippen LogP contribution in [0.15, 0.2) is 35.1 Å². The van der Waals surface area contributed by atoms with Crippen LogP contribution in [0.25, 0.3) is 10.9 Å². The summed E-state index contributed by atoms with van der Waals surface area (Å²) >= 11 is 0. The lowest BCUT2D eigenvalue weighted by Crippen LogP contribution is -2.36. The summed E-state index contributed by atoms with van der Waals surface area (Å²) in [5.74, 6) is -0.910. The first-order valence-corrected chi connectivity index (χ1v) is 7.71. The summed E-state index contributed by atoms with van der Waals surface area (Å²) < 4.78 is 1.76. The molecular weight excluding hydrogens is 280 g/mol. The van der Waals surface area contributed by atoms with Crippen LogP contribution in [0.2, 0.25) is 0 Å². The molecule has 116 valence electrons. The molecule has 0 spiro atoms. The van der Waals surface area contributed by atoms with Crippen molar-refractivity contribution in [3.63, 3.8) is 0 Å². The van der Waals surface area contributed by atoms with Crippen molar-refractivity contribution in [1.29, 1.82) is 0 Å². The van der Waals surface area contributed by atoms with Gasteiger partial charge < -0.3 is 14.6 Å². The molecule has 1 aliphatic rings. The molecule has 0 amide bonds. The Hall–Kier alpha value is -2.30. The Bertz CT molecular complexity index is 758. The first-order valence-electron chi connectivity index (χ1n) is 7.71. The standard InChI is InChI=1S/C17H20N2O3/c1-2-19-15-5-4-14(11-13(15)3-6-16(19)20)18-9-7-12(8-10-18)17(21)22/h3-6,11-12H,2,7-10H2,1H3,(H,21,22). The third-order valence-electron chi connectivity index (χ3n) is 4.50. The predicted molar refractivity (Wildman–Crippen MR) is 86.5 cm³/mol. The molecule has 0 saturated carbocycles. The molecule has 5 nitrogen and oxygen atoms in total. The lowest BCUT2D eigenvalue weighted by Gasteiger charge is -2.32. The van der Waals surface area contributed by atoms with Gasteiger partial charge in [0.15, 0.2) is 0 Å². The fourth-order valence-electron chi connectivity index (χ4n) is 3.20. The Morgan fingerprint density at radius 1 is 1.23 bits per heavy atom. The molecule has 1 aromatic heterocycles. The first-order chi connectivity index (χ1) is 10.6. The largest absolute Gasteiger partial charge is 0.481 e. The summed E-state index contributed by atoms with van der Waals surface area (Å²) in [6.45, 7) is 4.14. The summed E-state index contributed by atoms with van der Waals surface area (Å²) in [4.78, 5) is 25.1. The number of rotatable bonds is 3. The fraction of sp³-hybridized carbons (Fsp3) is 0.412. The van der Waals surface area contributed by atoms with Gasteiger partial charge in [-0.2, -0.15) is 0 Å². The van der Waals surface area contributed by atoms with Crippen molar-refractivity contribution in [2.75, 3.05) is 18.0 Å². The second kappa shape index (κ2) is 5.83. The number of fused-ring (bicyclic) bond motifs is 1. The van der Waals surface area contributed by atoms with E-state index >= 15 is 0 Å². The van der Waals surface area contributed by atoms with Gasteiger partial charge in [0.25, 0.3) is 5.56 Å². The zero-order valence-electron chi connectivity index (χ0n) is 12.7. The maximum atomic E-state index is 11.8. The molecule has 3 rings (SSSR count). The Labute approximate surface area is 128 Å². The topological polar surface area (TPSA) is 62.5 Å². The van der Waals surface area contributed by atoms with Crippen LogP contribution in [0, 0.1) is 5.92 Å². The molecule has 22 heavy (non-hydrogen) atoms. The van der Waals surface area contributed by atoms with Gasteiger partial charge in [-0.15, -0.1) is 0 Å². The van der Waals surface area contributed by atoms with Crippen molar-refractivity contribution >= 4 is 22.6 Å². The second-order valence-electron chi connectivity index (χ2n) is 5.76. The summed E-state index contributed by atoms with van der Waals surface area (Å²) in [7, 11) is 0. The van der Waals surface area contributed by atoms with E-state index in [2.05, 4.69) is 11.0 Å². The van der Waals surface area contributed by atoms with Crippen molar-refractivity contribution in [1.82, 2.24) is 4.57 Å². The zero-order valence-corrected chi connectivity index (χ0v) is 12.7. The van der Waals surface area contributed by atoms with E-state index in [1.165, 1.54) is 0 Å². The zero-order chi connectivity index (χ0) is 15.7. The van der Waals surface area contributed by atoms with Gasteiger partial charge in [-0.1, -0.05) is 0 Å². The lowest BCUT2D eigenvalue weighted by atomic mass is 9.96. The molecule has 1 N–H and O–H groups in total. The number of aliphatic carboxylic acids is 1. The molecular formula is C17H20N2O3. The highest BCUT2D eigenvalue weighted by atomic mass is 16.4. The number of hydrogen-bond donors (Lipinski definition) is 1. The normalized spacial score (nSPS) is 16.1. The van der Waals surface area contributed by atoms with Gasteiger partial charge in [0, 0.05) is 36.8 Å². The maximum Gasteiger partial charge on any atom is 0.306 e. The smallest absolute Gasteiger partial charge is 0.306 e. The summed E-state index contributed by atoms with van der Waals surface area (Å²) in [6, 6.07) is 9.56. The Kier molecular flexibility index (Phi) is 3.88. The number of aryl methyl sites for hydroxylation is 1. The van der Waals surface area contributed by atoms with E-state index in [1.807, 2.05) is 25.1 Å². The van der Waals surface area contributed by atoms with E-state index in [0.717, 1.165) is 29.7 Å². The van der Waals surface area contributed by atoms with Gasteiger partial charge in [0.05, 0.1) is 11.4 Å². The van der Waals surface area contributed by atoms with Crippen LogP contribution < -0.4 is 10.5 Å². The highest BCUT2D eigenvalue weighted by molar-refractivity contribution is 5.83. The van der Waals surface area contributed by atoms with Crippen molar-refractivity contribution < 1.29 is 9.90 Å². The highest BCUT2D eigenvalue weighted by Gasteiger charge is 2.24. The first kappa shape index (κ1) is 14.6. The van der Waals surface area contributed by atoms with Gasteiger partial charge in [0.2, 0.25) is 0 Å². The summed E-state index contributed by atoms with van der Waals surface area (Å²) in [5.41, 5.74) is 2.06. The molecule has 1 aromatic carbocycles. The number of piperidine rings is 1. The van der Waals surface area contributed by atoms with E-state index in [0.29, 0.717) is 19.4 Å². The second-order valence-corrected chi connectivity index (χ2v) is 5.76. The third kappa shape index (κ3) is 2.58. The van der Waals surface area contributed by atoms with E-state index in [-0.39, 0.29) is 11.5 Å². The molecule has 0 unspecified atom stereocenters. The van der Waals surface area contributed by atoms with Gasteiger partial charge in [-0.25, -0.2) is 0 Å². The number of hydrogen-bond acceptors (Lipinski definition) is 3. The van der Waals surface area contributed by atoms with Crippen molar-refractivity contribution in [2.24, 2.45) is 5.92 Å². The van der Waals surface area contributed by atoms with Crippen molar-refractivity contribution in [3.8, 4) is 0 Å². The van der Waals surface area contributed by atoms with Crippen LogP contribution in [0.1, 0.15) is 19.8 Å². The third-order valence-corrected chi connectivity index (χ3v) is 4.50. The van der Waals surface area contributed by atoms with Crippen LogP contribution in [-0.2, 0) is 11.3 Å². The number of aromatic nitrogens is 1. The van der Waals surface area contributed by atoms with Crippen LogP contribution in [0.4, 0.5) is 5.69 Å². The van der Waals surface area contributed by atoms with E-state index in [4.69, 9.17) is 5.11 Å². The minimum absolute atomic E-state index is 0.0185. The number of carbonyl (C=O) groups is 1. The average molecular weight is 300 g/mol. The molecule has 1 saturated heterocycles. The maximum absolute atomic E-state index is 11.8. The molecule has 0 bridgehead atoms. The summed E-state index contributed by atoms with van der Waals surface area (Å²) in [5, 5.41) is 10.1. The van der Waals surface area contributed by atoms with E-state index in [1.54, 1.807) is 10.6 Å². The number of nitrogens with zero attached hydrogens (tertiary/aromatic N) is 2. The number of carboxylic acid groups (broad SMARTS) is 1. The molecule has 1 aliphatic heterocycles. The monoisotopic (exact) mass is 300 g/mol. The van der Waals surface area contributed by atoms with Crippen molar-refractivity contribution in [3.05, 3.63) is 40.7 Å². The predicted octanol–water partition coefficient (Wildman–Crippen LogP) is 2.32. The minimum Gasteiger partial charge on any atom is -0.481 e. The van der Waals surface area contributed by atoms with Gasteiger partial charge in [-0.3, -0.25) is 9.59 Å². The van der Waals surface area contributed by atoms with E-state index < -0.39 is 5.97 Å². The van der Waals surface area contributed by atoms with Gasteiger partial charge >= 0.3 is 5.97 Å². The Morgan fingerprint density at radius 3 is 2.59 bits per heavy atom. The lowest BCUT2D eigenvalue weighted by molar-refractivity contribution is -0.142. The number of benzene rings is 1. The highest BCUT2D eigenvalue weighted by Crippen LogP contribution is 2.26. The van der Waals surface area contributed by atoms with Crippen LogP contribution in [0.3, 0.4) is 0 Å². The Balaban J connectivity index is 1.89. The summed E-state index contributed by atoms with van der Waals surface area (Å²) in [6.07, 6.45) is 1.36. The quantitative estimate of drug-likeness (QED) is 0.945. The number of anilines is 1.